The quantitative estimate of drug-likeness (QED) is 0.463. The van der Waals surface area contributed by atoms with E-state index in [4.69, 9.17) is 0 Å². The summed E-state index contributed by atoms with van der Waals surface area (Å²) in [4.78, 5) is 3.85. The van der Waals surface area contributed by atoms with Crippen molar-refractivity contribution in [2.45, 2.75) is 38.4 Å². The lowest BCUT2D eigenvalue weighted by Gasteiger charge is -2.10. The first kappa shape index (κ1) is 15.8. The van der Waals surface area contributed by atoms with Crippen LogP contribution in [0.25, 0.3) is 0 Å². The summed E-state index contributed by atoms with van der Waals surface area (Å²) in [6.45, 7) is 2.32. The average molecular weight is 351 g/mol. The first-order chi connectivity index (χ1) is 7.01. The molecule has 16 heavy (non-hydrogen) atoms. The average Bonchev–Trinajstić information content (AvgIpc) is 2.86. The van der Waals surface area contributed by atoms with Crippen molar-refractivity contribution < 1.29 is 13.2 Å². The van der Waals surface area contributed by atoms with Crippen LogP contribution in [0.2, 0.25) is 0 Å². The highest BCUT2D eigenvalue weighted by Crippen LogP contribution is 2.20. The zero-order valence-corrected chi connectivity index (χ0v) is 11.4. The number of alkyl halides is 3. The molecule has 0 aromatic carbocycles. The Morgan fingerprint density at radius 1 is 1.38 bits per heavy atom. The molecule has 0 aliphatic heterocycles. The Balaban J connectivity index is 0.00000225. The van der Waals surface area contributed by atoms with Gasteiger partial charge in [0.15, 0.2) is 5.96 Å². The van der Waals surface area contributed by atoms with Crippen molar-refractivity contribution in [1.29, 1.82) is 0 Å². The van der Waals surface area contributed by atoms with E-state index in [0.717, 1.165) is 12.8 Å². The van der Waals surface area contributed by atoms with Gasteiger partial charge in [-0.15, -0.1) is 24.0 Å². The molecule has 0 spiro atoms. The molecule has 0 amide bonds. The molecule has 0 aromatic heterocycles. The van der Waals surface area contributed by atoms with E-state index in [-0.39, 0.29) is 30.5 Å². The second-order valence-electron chi connectivity index (χ2n) is 3.54. The van der Waals surface area contributed by atoms with Gasteiger partial charge < -0.3 is 10.6 Å². The number of hydrogen-bond donors (Lipinski definition) is 2. The fourth-order valence-corrected chi connectivity index (χ4v) is 1.04. The molecule has 1 aliphatic rings. The molecule has 1 fully saturated rings. The summed E-state index contributed by atoms with van der Waals surface area (Å²) in [6.07, 6.45) is -2.85. The smallest absolute Gasteiger partial charge is 0.357 e. The van der Waals surface area contributed by atoms with Gasteiger partial charge in [0.05, 0.1) is 13.0 Å². The molecule has 0 radical (unpaired) electrons. The Hall–Kier alpha value is -0.210. The summed E-state index contributed by atoms with van der Waals surface area (Å²) < 4.78 is 35.6. The minimum absolute atomic E-state index is 0. The van der Waals surface area contributed by atoms with Gasteiger partial charge in [-0.1, -0.05) is 0 Å². The molecule has 0 unspecified atom stereocenters. The molecular weight excluding hydrogens is 334 g/mol. The molecular formula is C9H17F3IN3. The predicted octanol–water partition coefficient (Wildman–Crippen LogP) is 2.27. The maximum absolute atomic E-state index is 11.9. The first-order valence-corrected chi connectivity index (χ1v) is 5.13. The van der Waals surface area contributed by atoms with E-state index >= 15 is 0 Å². The first-order valence-electron chi connectivity index (χ1n) is 5.13. The third kappa shape index (κ3) is 8.00. The molecule has 0 heterocycles. The summed E-state index contributed by atoms with van der Waals surface area (Å²) in [6, 6.07) is 0.397. The fourth-order valence-electron chi connectivity index (χ4n) is 1.04. The van der Waals surface area contributed by atoms with Crippen molar-refractivity contribution in [3.8, 4) is 0 Å². The third-order valence-electron chi connectivity index (χ3n) is 1.93. The van der Waals surface area contributed by atoms with Gasteiger partial charge in [0.1, 0.15) is 0 Å². The van der Waals surface area contributed by atoms with Crippen LogP contribution in [0.3, 0.4) is 0 Å². The molecule has 7 heteroatoms. The topological polar surface area (TPSA) is 36.4 Å². The highest BCUT2D eigenvalue weighted by atomic mass is 127. The third-order valence-corrected chi connectivity index (χ3v) is 1.93. The number of guanidine groups is 1. The zero-order chi connectivity index (χ0) is 11.3. The summed E-state index contributed by atoms with van der Waals surface area (Å²) in [7, 11) is 0. The molecule has 0 bridgehead atoms. The molecule has 0 saturated heterocycles. The van der Waals surface area contributed by atoms with Gasteiger partial charge in [-0.3, -0.25) is 4.99 Å². The van der Waals surface area contributed by atoms with E-state index in [1.54, 1.807) is 0 Å². The number of nitrogens with one attached hydrogen (secondary N) is 2. The van der Waals surface area contributed by atoms with Crippen molar-refractivity contribution in [3.63, 3.8) is 0 Å². The van der Waals surface area contributed by atoms with Crippen LogP contribution >= 0.6 is 24.0 Å². The number of hydrogen-bond acceptors (Lipinski definition) is 1. The Bertz CT molecular complexity index is 227. The summed E-state index contributed by atoms with van der Waals surface area (Å²) in [5.41, 5.74) is 0. The highest BCUT2D eigenvalue weighted by Gasteiger charge is 2.26. The van der Waals surface area contributed by atoms with Crippen molar-refractivity contribution in [3.05, 3.63) is 0 Å². The largest absolute Gasteiger partial charge is 0.390 e. The summed E-state index contributed by atoms with van der Waals surface area (Å²) in [5.74, 6) is 0.490. The molecule has 0 atom stereocenters. The van der Waals surface area contributed by atoms with E-state index in [1.807, 2.05) is 6.92 Å². The maximum atomic E-state index is 11.9. The molecule has 1 rings (SSSR count). The second kappa shape index (κ2) is 7.18. The van der Waals surface area contributed by atoms with Gasteiger partial charge in [-0.25, -0.2) is 0 Å². The highest BCUT2D eigenvalue weighted by molar-refractivity contribution is 14.0. The Morgan fingerprint density at radius 3 is 2.44 bits per heavy atom. The van der Waals surface area contributed by atoms with Crippen molar-refractivity contribution >= 4 is 29.9 Å². The van der Waals surface area contributed by atoms with Gasteiger partial charge in [0, 0.05) is 12.6 Å². The molecule has 2 N–H and O–H groups in total. The molecule has 0 aromatic rings. The summed E-state index contributed by atoms with van der Waals surface area (Å²) >= 11 is 0. The SMILES string of the molecule is CCNC(=NCCC(F)(F)F)NC1CC1.I. The van der Waals surface area contributed by atoms with Crippen molar-refractivity contribution in [2.24, 2.45) is 4.99 Å². The van der Waals surface area contributed by atoms with Crippen LogP contribution in [0.15, 0.2) is 4.99 Å². The lowest BCUT2D eigenvalue weighted by molar-refractivity contribution is -0.132. The van der Waals surface area contributed by atoms with Crippen LogP contribution in [0.5, 0.6) is 0 Å². The number of nitrogens with zero attached hydrogens (tertiary/aromatic N) is 1. The second-order valence-corrected chi connectivity index (χ2v) is 3.54. The predicted molar refractivity (Wildman–Crippen MR) is 68.2 cm³/mol. The summed E-state index contributed by atoms with van der Waals surface area (Å²) in [5, 5.41) is 5.96. The van der Waals surface area contributed by atoms with E-state index in [2.05, 4.69) is 15.6 Å². The van der Waals surface area contributed by atoms with Crippen LogP contribution in [0.4, 0.5) is 13.2 Å². The van der Waals surface area contributed by atoms with Gasteiger partial charge in [0.25, 0.3) is 0 Å². The van der Waals surface area contributed by atoms with Crippen LogP contribution in [-0.4, -0.2) is 31.3 Å². The molecule has 3 nitrogen and oxygen atoms in total. The normalized spacial score (nSPS) is 16.6. The van der Waals surface area contributed by atoms with E-state index < -0.39 is 12.6 Å². The molecule has 1 saturated carbocycles. The number of aliphatic imine (C=N–C) groups is 1. The Kier molecular flexibility index (Phi) is 7.09. The minimum atomic E-state index is -4.12. The maximum Gasteiger partial charge on any atom is 0.390 e. The van der Waals surface area contributed by atoms with Crippen LogP contribution < -0.4 is 10.6 Å². The monoisotopic (exact) mass is 351 g/mol. The zero-order valence-electron chi connectivity index (χ0n) is 9.10. The van der Waals surface area contributed by atoms with E-state index in [1.165, 1.54) is 0 Å². The van der Waals surface area contributed by atoms with Gasteiger partial charge in [-0.05, 0) is 19.8 Å². The molecule has 96 valence electrons. The minimum Gasteiger partial charge on any atom is -0.357 e. The number of halogens is 4. The van der Waals surface area contributed by atoms with E-state index in [9.17, 15) is 13.2 Å². The lowest BCUT2D eigenvalue weighted by Crippen LogP contribution is -2.38. The number of rotatable bonds is 4. The van der Waals surface area contributed by atoms with Gasteiger partial charge >= 0.3 is 6.18 Å². The van der Waals surface area contributed by atoms with Crippen LogP contribution in [-0.2, 0) is 0 Å². The lowest BCUT2D eigenvalue weighted by atomic mass is 10.4. The molecule has 1 aliphatic carbocycles. The van der Waals surface area contributed by atoms with Crippen LogP contribution in [0.1, 0.15) is 26.2 Å². The van der Waals surface area contributed by atoms with Crippen molar-refractivity contribution in [2.75, 3.05) is 13.1 Å². The Morgan fingerprint density at radius 2 is 2.00 bits per heavy atom. The Labute approximate surface area is 110 Å². The van der Waals surface area contributed by atoms with Gasteiger partial charge in [0.2, 0.25) is 0 Å². The standard InChI is InChI=1S/C9H16F3N3.HI/c1-2-13-8(15-7-3-4-7)14-6-5-9(10,11)12;/h7H,2-6H2,1H3,(H2,13,14,15);1H. The fraction of sp³-hybridized carbons (Fsp3) is 0.889. The van der Waals surface area contributed by atoms with E-state index in [0.29, 0.717) is 18.5 Å². The van der Waals surface area contributed by atoms with Gasteiger partial charge in [-0.2, -0.15) is 13.2 Å². The van der Waals surface area contributed by atoms with Crippen molar-refractivity contribution in [1.82, 2.24) is 10.6 Å². The van der Waals surface area contributed by atoms with Crippen LogP contribution in [0, 0.1) is 0 Å².